The Hall–Kier alpha value is -0.620. The molecule has 0 saturated carbocycles. The van der Waals surface area contributed by atoms with E-state index in [4.69, 9.17) is 5.73 Å². The van der Waals surface area contributed by atoms with Crippen molar-refractivity contribution in [2.24, 2.45) is 0 Å². The first-order valence-corrected chi connectivity index (χ1v) is 5.00. The second kappa shape index (κ2) is 3.51. The minimum absolute atomic E-state index is 0. The van der Waals surface area contributed by atoms with Crippen LogP contribution >= 0.6 is 35.3 Å². The largest absolute Gasteiger partial charge is 0.375 e. The van der Waals surface area contributed by atoms with Crippen LogP contribution in [0.25, 0.3) is 11.3 Å². The molecule has 1 aromatic carbocycles. The van der Waals surface area contributed by atoms with E-state index in [9.17, 15) is 0 Å². The Morgan fingerprint density at radius 2 is 2.07 bits per heavy atom. The molecule has 0 bridgehead atoms. The van der Waals surface area contributed by atoms with Gasteiger partial charge in [-0.25, -0.2) is 4.98 Å². The summed E-state index contributed by atoms with van der Waals surface area (Å²) in [5.74, 6) is 0. The fourth-order valence-corrected chi connectivity index (χ4v) is 2.65. The molecule has 3 rings (SSSR count). The summed E-state index contributed by atoms with van der Waals surface area (Å²) in [5.41, 5.74) is 9.38. The second-order valence-electron chi connectivity index (χ2n) is 3.16. The van der Waals surface area contributed by atoms with Gasteiger partial charge in [0, 0.05) is 16.9 Å². The van der Waals surface area contributed by atoms with Crippen LogP contribution in [0.15, 0.2) is 24.3 Å². The van der Waals surface area contributed by atoms with E-state index in [-0.39, 0.29) is 24.0 Å². The summed E-state index contributed by atoms with van der Waals surface area (Å²) >= 11 is 1.60. The molecule has 0 fully saturated rings. The standard InChI is InChI=1S/C10H8N2S.HI/c11-10-12-9-7-4-2-1-3-6(7)5-8(9)13-10;/h1-4H,5H2,(H2,11,12);1H. The maximum absolute atomic E-state index is 5.65. The van der Waals surface area contributed by atoms with Crippen molar-refractivity contribution in [1.29, 1.82) is 0 Å². The normalized spacial score (nSPS) is 11.7. The molecule has 1 aromatic heterocycles. The number of nitrogens with two attached hydrogens (primary N) is 1. The molecule has 1 aliphatic carbocycles. The number of rotatable bonds is 0. The van der Waals surface area contributed by atoms with Gasteiger partial charge in [0.05, 0.1) is 5.69 Å². The van der Waals surface area contributed by atoms with E-state index in [0.717, 1.165) is 12.1 Å². The summed E-state index contributed by atoms with van der Waals surface area (Å²) in [6.45, 7) is 0. The number of halogens is 1. The third-order valence-corrected chi connectivity index (χ3v) is 3.22. The van der Waals surface area contributed by atoms with Crippen molar-refractivity contribution in [2.75, 3.05) is 5.73 Å². The molecule has 4 heteroatoms. The zero-order valence-electron chi connectivity index (χ0n) is 7.36. The van der Waals surface area contributed by atoms with Crippen molar-refractivity contribution in [2.45, 2.75) is 6.42 Å². The topological polar surface area (TPSA) is 38.9 Å². The highest BCUT2D eigenvalue weighted by atomic mass is 127. The van der Waals surface area contributed by atoms with Crippen LogP contribution in [0.3, 0.4) is 0 Å². The molecule has 0 atom stereocenters. The maximum atomic E-state index is 5.65. The highest BCUT2D eigenvalue weighted by Crippen LogP contribution is 2.39. The molecule has 0 spiro atoms. The summed E-state index contributed by atoms with van der Waals surface area (Å²) in [6.07, 6.45) is 1.00. The molecular weight excluding hydrogens is 307 g/mol. The molecule has 2 aromatic rings. The third kappa shape index (κ3) is 1.33. The van der Waals surface area contributed by atoms with E-state index < -0.39 is 0 Å². The number of nitrogens with zero attached hydrogens (tertiary/aromatic N) is 1. The molecule has 0 radical (unpaired) electrons. The number of aromatic nitrogens is 1. The van der Waals surface area contributed by atoms with Gasteiger partial charge in [-0.05, 0) is 5.56 Å². The fraction of sp³-hybridized carbons (Fsp3) is 0.100. The van der Waals surface area contributed by atoms with Gasteiger partial charge < -0.3 is 5.73 Å². The number of benzene rings is 1. The molecule has 0 unspecified atom stereocenters. The lowest BCUT2D eigenvalue weighted by molar-refractivity contribution is 1.31. The Labute approximate surface area is 103 Å². The predicted octanol–water partition coefficient (Wildman–Crippen LogP) is 2.91. The Kier molecular flexibility index (Phi) is 2.48. The molecule has 0 amide bonds. The Morgan fingerprint density at radius 1 is 1.29 bits per heavy atom. The average molecular weight is 316 g/mol. The van der Waals surface area contributed by atoms with Crippen molar-refractivity contribution in [3.8, 4) is 11.3 Å². The average Bonchev–Trinajstić information content (AvgIpc) is 2.60. The molecule has 1 heterocycles. The number of hydrogen-bond acceptors (Lipinski definition) is 3. The molecule has 0 aliphatic heterocycles. The van der Waals surface area contributed by atoms with E-state index in [1.807, 2.05) is 6.07 Å². The zero-order valence-corrected chi connectivity index (χ0v) is 10.5. The molecule has 2 N–H and O–H groups in total. The van der Waals surface area contributed by atoms with Crippen LogP contribution in [0.5, 0.6) is 0 Å². The highest BCUT2D eigenvalue weighted by Gasteiger charge is 2.21. The fourth-order valence-electron chi connectivity index (χ4n) is 1.78. The smallest absolute Gasteiger partial charge is 0.180 e. The van der Waals surface area contributed by atoms with Crippen LogP contribution in [-0.4, -0.2) is 4.98 Å². The molecule has 0 saturated heterocycles. The van der Waals surface area contributed by atoms with Crippen LogP contribution in [-0.2, 0) is 6.42 Å². The third-order valence-electron chi connectivity index (χ3n) is 2.34. The van der Waals surface area contributed by atoms with Gasteiger partial charge in [-0.2, -0.15) is 0 Å². The number of nitrogen functional groups attached to an aromatic ring is 1. The van der Waals surface area contributed by atoms with Crippen molar-refractivity contribution >= 4 is 40.4 Å². The number of anilines is 1. The quantitative estimate of drug-likeness (QED) is 0.648. The number of thiazole rings is 1. The van der Waals surface area contributed by atoms with Gasteiger partial charge in [0.1, 0.15) is 0 Å². The van der Waals surface area contributed by atoms with Gasteiger partial charge in [-0.15, -0.1) is 35.3 Å². The van der Waals surface area contributed by atoms with Crippen LogP contribution in [0, 0.1) is 0 Å². The van der Waals surface area contributed by atoms with Crippen molar-refractivity contribution in [3.63, 3.8) is 0 Å². The Morgan fingerprint density at radius 3 is 2.93 bits per heavy atom. The molecule has 2 nitrogen and oxygen atoms in total. The predicted molar refractivity (Wildman–Crippen MR) is 70.2 cm³/mol. The van der Waals surface area contributed by atoms with Gasteiger partial charge >= 0.3 is 0 Å². The van der Waals surface area contributed by atoms with E-state index in [2.05, 4.69) is 23.2 Å². The van der Waals surface area contributed by atoms with Crippen LogP contribution in [0.2, 0.25) is 0 Å². The van der Waals surface area contributed by atoms with Crippen molar-refractivity contribution < 1.29 is 0 Å². The summed E-state index contributed by atoms with van der Waals surface area (Å²) in [4.78, 5) is 5.63. The first-order chi connectivity index (χ1) is 6.34. The lowest BCUT2D eigenvalue weighted by Gasteiger charge is -1.95. The lowest BCUT2D eigenvalue weighted by atomic mass is 10.1. The SMILES string of the molecule is I.Nc1nc2c(s1)Cc1ccccc1-2. The van der Waals surface area contributed by atoms with E-state index in [1.165, 1.54) is 16.0 Å². The van der Waals surface area contributed by atoms with Crippen LogP contribution in [0.4, 0.5) is 5.13 Å². The molecule has 14 heavy (non-hydrogen) atoms. The van der Waals surface area contributed by atoms with Crippen LogP contribution in [0.1, 0.15) is 10.4 Å². The molecule has 72 valence electrons. The number of hydrogen-bond donors (Lipinski definition) is 1. The Bertz CT molecular complexity index is 479. The first kappa shape index (κ1) is 9.92. The zero-order chi connectivity index (χ0) is 8.84. The monoisotopic (exact) mass is 316 g/mol. The molecule has 1 aliphatic rings. The van der Waals surface area contributed by atoms with Crippen molar-refractivity contribution in [3.05, 3.63) is 34.7 Å². The minimum atomic E-state index is 0. The van der Waals surface area contributed by atoms with E-state index in [1.54, 1.807) is 11.3 Å². The summed E-state index contributed by atoms with van der Waals surface area (Å²) in [5, 5.41) is 0.680. The maximum Gasteiger partial charge on any atom is 0.180 e. The van der Waals surface area contributed by atoms with Gasteiger partial charge in [0.25, 0.3) is 0 Å². The molecular formula is C10H9IN2S. The van der Waals surface area contributed by atoms with Gasteiger partial charge in [0.2, 0.25) is 0 Å². The minimum Gasteiger partial charge on any atom is -0.375 e. The second-order valence-corrected chi connectivity index (χ2v) is 4.27. The summed E-state index contributed by atoms with van der Waals surface area (Å²) in [6, 6.07) is 8.38. The number of fused-ring (bicyclic) bond motifs is 3. The van der Waals surface area contributed by atoms with Gasteiger partial charge in [-0.1, -0.05) is 24.3 Å². The van der Waals surface area contributed by atoms with Crippen molar-refractivity contribution in [1.82, 2.24) is 4.98 Å². The summed E-state index contributed by atoms with van der Waals surface area (Å²) < 4.78 is 0. The van der Waals surface area contributed by atoms with Crippen LogP contribution < -0.4 is 5.73 Å². The lowest BCUT2D eigenvalue weighted by Crippen LogP contribution is -1.83. The first-order valence-electron chi connectivity index (χ1n) is 4.18. The van der Waals surface area contributed by atoms with Gasteiger partial charge in [0.15, 0.2) is 5.13 Å². The summed E-state index contributed by atoms with van der Waals surface area (Å²) in [7, 11) is 0. The highest BCUT2D eigenvalue weighted by molar-refractivity contribution is 14.0. The Balaban J connectivity index is 0.000000750. The van der Waals surface area contributed by atoms with E-state index >= 15 is 0 Å². The van der Waals surface area contributed by atoms with E-state index in [0.29, 0.717) is 5.13 Å². The van der Waals surface area contributed by atoms with Gasteiger partial charge in [-0.3, -0.25) is 0 Å².